The van der Waals surface area contributed by atoms with Gasteiger partial charge in [-0.25, -0.2) is 4.68 Å². The van der Waals surface area contributed by atoms with Crippen molar-refractivity contribution in [1.29, 1.82) is 0 Å². The van der Waals surface area contributed by atoms with Crippen LogP contribution in [0.25, 0.3) is 18.3 Å². The second kappa shape index (κ2) is 4.20. The molecule has 1 heterocycles. The van der Waals surface area contributed by atoms with E-state index in [0.717, 1.165) is 21.9 Å². The zero-order valence-electron chi connectivity index (χ0n) is 8.93. The van der Waals surface area contributed by atoms with Crippen LogP contribution in [-0.4, -0.2) is 16.3 Å². The Hall–Kier alpha value is -2.07. The van der Waals surface area contributed by atoms with Gasteiger partial charge < -0.3 is 11.5 Å². The van der Waals surface area contributed by atoms with Crippen LogP contribution >= 0.6 is 0 Å². The Morgan fingerprint density at radius 2 is 2.00 bits per heavy atom. The van der Waals surface area contributed by atoms with Gasteiger partial charge in [-0.2, -0.15) is 5.10 Å². The summed E-state index contributed by atoms with van der Waals surface area (Å²) in [7, 11) is 0. The van der Waals surface area contributed by atoms with Crippen molar-refractivity contribution in [2.24, 2.45) is 5.73 Å². The zero-order valence-corrected chi connectivity index (χ0v) is 8.93. The fraction of sp³-hybridized carbons (Fsp3) is 0.0833. The third-order valence-electron chi connectivity index (χ3n) is 2.34. The number of nitrogen functional groups attached to an aromatic ring is 1. The summed E-state index contributed by atoms with van der Waals surface area (Å²) < 4.78 is 1.80. The number of aromatic nitrogens is 2. The molecule has 82 valence electrons. The minimum atomic E-state index is 0.461. The number of benzene rings is 1. The average Bonchev–Trinajstić information content (AvgIpc) is 2.63. The van der Waals surface area contributed by atoms with Gasteiger partial charge in [0.05, 0.1) is 17.2 Å². The summed E-state index contributed by atoms with van der Waals surface area (Å²) in [5.41, 5.74) is 12.8. The first-order valence-electron chi connectivity index (χ1n) is 5.01. The number of hydrogen-bond donors (Lipinski definition) is 2. The number of rotatable bonds is 2. The van der Waals surface area contributed by atoms with Crippen molar-refractivity contribution in [1.82, 2.24) is 9.78 Å². The maximum absolute atomic E-state index is 5.64. The molecule has 0 amide bonds. The van der Waals surface area contributed by atoms with Gasteiger partial charge in [-0.3, -0.25) is 0 Å². The molecule has 0 radical (unpaired) electrons. The summed E-state index contributed by atoms with van der Waals surface area (Å²) in [6.45, 7) is 4.37. The van der Waals surface area contributed by atoms with E-state index in [1.54, 1.807) is 10.9 Å². The summed E-state index contributed by atoms with van der Waals surface area (Å²) in [6, 6.07) is 7.50. The van der Waals surface area contributed by atoms with Crippen LogP contribution in [0.2, 0.25) is 0 Å². The molecule has 2 rings (SSSR count). The lowest BCUT2D eigenvalue weighted by atomic mass is 10.3. The lowest BCUT2D eigenvalue weighted by Crippen LogP contribution is -2.28. The van der Waals surface area contributed by atoms with Crippen molar-refractivity contribution < 1.29 is 0 Å². The third kappa shape index (κ3) is 1.83. The van der Waals surface area contributed by atoms with Crippen LogP contribution in [-0.2, 0) is 0 Å². The molecule has 1 aromatic carbocycles. The summed E-state index contributed by atoms with van der Waals surface area (Å²) in [4.78, 5) is 0. The molecule has 0 aliphatic rings. The molecule has 1 aromatic heterocycles. The molecule has 0 saturated heterocycles. The van der Waals surface area contributed by atoms with Crippen LogP contribution in [0.15, 0.2) is 30.5 Å². The summed E-state index contributed by atoms with van der Waals surface area (Å²) in [5.74, 6) is 0. The van der Waals surface area contributed by atoms with Gasteiger partial charge in [0.25, 0.3) is 0 Å². The summed E-state index contributed by atoms with van der Waals surface area (Å²) in [6.07, 6.45) is 3.61. The van der Waals surface area contributed by atoms with E-state index in [1.807, 2.05) is 30.3 Å². The average molecular weight is 214 g/mol. The standard InChI is InChI=1S/C12H14N4/c1-9-8-15-16(12(9)6-7-13)11-4-2-10(14)3-5-11/h2-6,8H,1,7,13-14H2/b12-6+. The van der Waals surface area contributed by atoms with Crippen molar-refractivity contribution >= 4 is 18.3 Å². The van der Waals surface area contributed by atoms with E-state index in [0.29, 0.717) is 6.54 Å². The molecule has 0 atom stereocenters. The first-order valence-corrected chi connectivity index (χ1v) is 5.01. The van der Waals surface area contributed by atoms with E-state index in [4.69, 9.17) is 11.5 Å². The van der Waals surface area contributed by atoms with Gasteiger partial charge in [0.2, 0.25) is 0 Å². The van der Waals surface area contributed by atoms with Gasteiger partial charge in [-0.15, -0.1) is 0 Å². The summed E-state index contributed by atoms with van der Waals surface area (Å²) in [5, 5.41) is 6.05. The molecule has 4 N–H and O–H groups in total. The monoisotopic (exact) mass is 214 g/mol. The molecule has 0 saturated carbocycles. The SMILES string of the molecule is C=c1cnn(-c2ccc(N)cc2)/c1=C/CN. The Morgan fingerprint density at radius 3 is 2.62 bits per heavy atom. The van der Waals surface area contributed by atoms with Gasteiger partial charge in [-0.1, -0.05) is 6.58 Å². The van der Waals surface area contributed by atoms with E-state index in [9.17, 15) is 0 Å². The highest BCUT2D eigenvalue weighted by molar-refractivity contribution is 5.45. The van der Waals surface area contributed by atoms with Gasteiger partial charge in [0.1, 0.15) is 0 Å². The minimum absolute atomic E-state index is 0.461. The zero-order chi connectivity index (χ0) is 11.5. The first-order chi connectivity index (χ1) is 7.72. The molecule has 0 bridgehead atoms. The van der Waals surface area contributed by atoms with E-state index < -0.39 is 0 Å². The Labute approximate surface area is 93.5 Å². The molecule has 0 aliphatic carbocycles. The van der Waals surface area contributed by atoms with Gasteiger partial charge in [0, 0.05) is 17.5 Å². The summed E-state index contributed by atoms with van der Waals surface area (Å²) >= 11 is 0. The second-order valence-electron chi connectivity index (χ2n) is 3.50. The number of nitrogens with two attached hydrogens (primary N) is 2. The molecule has 0 aliphatic heterocycles. The molecular weight excluding hydrogens is 200 g/mol. The lowest BCUT2D eigenvalue weighted by Gasteiger charge is -2.02. The minimum Gasteiger partial charge on any atom is -0.399 e. The van der Waals surface area contributed by atoms with Crippen LogP contribution in [0, 0.1) is 0 Å². The van der Waals surface area contributed by atoms with Crippen molar-refractivity contribution in [3.8, 4) is 5.69 Å². The predicted molar refractivity (Wildman–Crippen MR) is 66.3 cm³/mol. The maximum atomic E-state index is 5.64. The highest BCUT2D eigenvalue weighted by Gasteiger charge is 1.99. The molecule has 4 heteroatoms. The molecule has 0 spiro atoms. The van der Waals surface area contributed by atoms with Gasteiger partial charge in [-0.05, 0) is 30.3 Å². The molecule has 4 nitrogen and oxygen atoms in total. The van der Waals surface area contributed by atoms with Crippen LogP contribution < -0.4 is 22.0 Å². The maximum Gasteiger partial charge on any atom is 0.0707 e. The molecule has 2 aromatic rings. The normalized spacial score (nSPS) is 11.9. The quantitative estimate of drug-likeness (QED) is 0.669. The Kier molecular flexibility index (Phi) is 2.74. The highest BCUT2D eigenvalue weighted by atomic mass is 15.3. The van der Waals surface area contributed by atoms with Crippen LogP contribution in [0.1, 0.15) is 0 Å². The number of hydrogen-bond acceptors (Lipinski definition) is 3. The smallest absolute Gasteiger partial charge is 0.0707 e. The molecule has 16 heavy (non-hydrogen) atoms. The van der Waals surface area contributed by atoms with Crippen LogP contribution in [0.5, 0.6) is 0 Å². The Morgan fingerprint density at radius 1 is 1.31 bits per heavy atom. The van der Waals surface area contributed by atoms with Crippen LogP contribution in [0.3, 0.4) is 0 Å². The van der Waals surface area contributed by atoms with Crippen LogP contribution in [0.4, 0.5) is 5.69 Å². The topological polar surface area (TPSA) is 69.9 Å². The van der Waals surface area contributed by atoms with Gasteiger partial charge in [0.15, 0.2) is 0 Å². The first kappa shape index (κ1) is 10.4. The highest BCUT2D eigenvalue weighted by Crippen LogP contribution is 2.06. The fourth-order valence-corrected chi connectivity index (χ4v) is 1.54. The molecule has 0 fully saturated rings. The number of nitrogens with zero attached hydrogens (tertiary/aromatic N) is 2. The predicted octanol–water partition coefficient (Wildman–Crippen LogP) is -0.396. The lowest BCUT2D eigenvalue weighted by molar-refractivity contribution is 0.851. The van der Waals surface area contributed by atoms with Crippen molar-refractivity contribution in [2.75, 3.05) is 12.3 Å². The van der Waals surface area contributed by atoms with E-state index in [1.165, 1.54) is 0 Å². The molecule has 0 unspecified atom stereocenters. The van der Waals surface area contributed by atoms with E-state index >= 15 is 0 Å². The largest absolute Gasteiger partial charge is 0.399 e. The third-order valence-corrected chi connectivity index (χ3v) is 2.34. The molecular formula is C12H14N4. The van der Waals surface area contributed by atoms with Crippen molar-refractivity contribution in [3.05, 3.63) is 41.0 Å². The fourth-order valence-electron chi connectivity index (χ4n) is 1.54. The number of anilines is 1. The Bertz CT molecular complexity index is 580. The second-order valence-corrected chi connectivity index (χ2v) is 3.50. The van der Waals surface area contributed by atoms with E-state index in [-0.39, 0.29) is 0 Å². The van der Waals surface area contributed by atoms with Crippen molar-refractivity contribution in [2.45, 2.75) is 0 Å². The van der Waals surface area contributed by atoms with E-state index in [2.05, 4.69) is 11.7 Å². The van der Waals surface area contributed by atoms with Crippen molar-refractivity contribution in [3.63, 3.8) is 0 Å². The Balaban J connectivity index is 2.61. The van der Waals surface area contributed by atoms with Gasteiger partial charge >= 0.3 is 0 Å².